The molecule has 0 spiro atoms. The highest BCUT2D eigenvalue weighted by molar-refractivity contribution is 8.01. The molecular weight excluding hydrogens is 231 g/mol. The van der Waals surface area contributed by atoms with Crippen molar-refractivity contribution in [3.63, 3.8) is 0 Å². The third kappa shape index (κ3) is 3.97. The number of rotatable bonds is 3. The predicted octanol–water partition coefficient (Wildman–Crippen LogP) is 2.65. The third-order valence-corrected chi connectivity index (χ3v) is 2.08. The molecule has 0 amide bonds. The number of nitrogens with one attached hydrogen (secondary N) is 1. The van der Waals surface area contributed by atoms with Gasteiger partial charge in [0.2, 0.25) is 16.5 Å². The van der Waals surface area contributed by atoms with E-state index in [-0.39, 0.29) is 10.6 Å². The predicted molar refractivity (Wildman–Crippen MR) is 56.2 cm³/mol. The Hall–Kier alpha value is -0.260. The zero-order chi connectivity index (χ0) is 9.84. The lowest BCUT2D eigenvalue weighted by molar-refractivity contribution is 1.06. The zero-order valence-corrected chi connectivity index (χ0v) is 9.41. The summed E-state index contributed by atoms with van der Waals surface area (Å²) >= 11 is 12.6. The number of hydrogen-bond acceptors (Lipinski definition) is 5. The molecule has 0 atom stereocenters. The molecule has 7 heteroatoms. The van der Waals surface area contributed by atoms with E-state index in [1.807, 2.05) is 13.8 Å². The summed E-state index contributed by atoms with van der Waals surface area (Å²) < 4.78 is 2.91. The van der Waals surface area contributed by atoms with E-state index in [4.69, 9.17) is 23.2 Å². The van der Waals surface area contributed by atoms with Crippen LogP contribution in [0.4, 0.5) is 5.95 Å². The van der Waals surface area contributed by atoms with E-state index < -0.39 is 0 Å². The Bertz CT molecular complexity index is 274. The molecule has 0 aromatic carbocycles. The SMILES string of the molecule is CC(C)SNc1nc(Cl)nc(Cl)n1. The number of hydrogen-bond donors (Lipinski definition) is 1. The van der Waals surface area contributed by atoms with Crippen LogP contribution in [0.1, 0.15) is 13.8 Å². The van der Waals surface area contributed by atoms with Gasteiger partial charge in [-0.05, 0) is 35.1 Å². The molecule has 0 aliphatic rings. The maximum Gasteiger partial charge on any atom is 0.238 e. The van der Waals surface area contributed by atoms with Gasteiger partial charge in [0, 0.05) is 5.25 Å². The topological polar surface area (TPSA) is 50.7 Å². The lowest BCUT2D eigenvalue weighted by Crippen LogP contribution is -2.00. The van der Waals surface area contributed by atoms with E-state index in [2.05, 4.69) is 19.7 Å². The Morgan fingerprint density at radius 1 is 1.15 bits per heavy atom. The molecule has 0 bridgehead atoms. The normalized spacial score (nSPS) is 10.5. The monoisotopic (exact) mass is 238 g/mol. The highest BCUT2D eigenvalue weighted by Crippen LogP contribution is 2.15. The van der Waals surface area contributed by atoms with Crippen molar-refractivity contribution in [2.24, 2.45) is 0 Å². The second-order valence-corrected chi connectivity index (χ2v) is 4.52. The lowest BCUT2D eigenvalue weighted by atomic mass is 10.6. The molecule has 0 unspecified atom stereocenters. The molecule has 0 saturated heterocycles. The molecule has 0 aliphatic carbocycles. The summed E-state index contributed by atoms with van der Waals surface area (Å²) in [5, 5.41) is 0.605. The number of aromatic nitrogens is 3. The first-order valence-electron chi connectivity index (χ1n) is 3.56. The van der Waals surface area contributed by atoms with E-state index in [1.54, 1.807) is 0 Å². The molecule has 13 heavy (non-hydrogen) atoms. The van der Waals surface area contributed by atoms with Crippen molar-refractivity contribution in [2.45, 2.75) is 19.1 Å². The summed E-state index contributed by atoms with van der Waals surface area (Å²) in [7, 11) is 0. The van der Waals surface area contributed by atoms with Gasteiger partial charge in [-0.3, -0.25) is 4.72 Å². The standard InChI is InChI=1S/C6H8Cl2N4S/c1-3(2)13-12-6-10-4(7)9-5(8)11-6/h3H,1-2H3,(H,9,10,11,12). The summed E-state index contributed by atoms with van der Waals surface area (Å²) in [6.07, 6.45) is 0. The first-order valence-corrected chi connectivity index (χ1v) is 5.20. The van der Waals surface area contributed by atoms with Crippen molar-refractivity contribution in [3.05, 3.63) is 10.6 Å². The van der Waals surface area contributed by atoms with Crippen LogP contribution in [0.2, 0.25) is 10.6 Å². The van der Waals surface area contributed by atoms with Crippen LogP contribution in [0.25, 0.3) is 0 Å². The molecule has 1 aromatic rings. The minimum Gasteiger partial charge on any atom is -0.298 e. The van der Waals surface area contributed by atoms with Gasteiger partial charge in [-0.15, -0.1) is 0 Å². The molecule has 1 aromatic heterocycles. The Morgan fingerprint density at radius 3 is 2.15 bits per heavy atom. The van der Waals surface area contributed by atoms with Crippen molar-refractivity contribution in [1.82, 2.24) is 15.0 Å². The molecule has 0 aliphatic heterocycles. The second-order valence-electron chi connectivity index (χ2n) is 2.47. The molecule has 1 heterocycles. The first kappa shape index (κ1) is 10.8. The fraction of sp³-hybridized carbons (Fsp3) is 0.500. The molecule has 4 nitrogen and oxygen atoms in total. The van der Waals surface area contributed by atoms with Crippen molar-refractivity contribution in [3.8, 4) is 0 Å². The Balaban J connectivity index is 2.66. The lowest BCUT2D eigenvalue weighted by Gasteiger charge is -2.05. The quantitative estimate of drug-likeness (QED) is 0.821. The summed E-state index contributed by atoms with van der Waals surface area (Å²) in [4.78, 5) is 11.3. The molecule has 0 fully saturated rings. The van der Waals surface area contributed by atoms with Gasteiger partial charge in [-0.2, -0.15) is 15.0 Å². The molecule has 0 radical (unpaired) electrons. The van der Waals surface area contributed by atoms with Crippen LogP contribution < -0.4 is 4.72 Å². The van der Waals surface area contributed by atoms with Crippen LogP contribution in [0, 0.1) is 0 Å². The van der Waals surface area contributed by atoms with Crippen molar-refractivity contribution in [1.29, 1.82) is 0 Å². The maximum atomic E-state index is 5.57. The van der Waals surface area contributed by atoms with E-state index in [0.29, 0.717) is 11.2 Å². The van der Waals surface area contributed by atoms with Gasteiger partial charge >= 0.3 is 0 Å². The van der Waals surface area contributed by atoms with Crippen molar-refractivity contribution >= 4 is 41.1 Å². The Kier molecular flexibility index (Phi) is 4.02. The van der Waals surface area contributed by atoms with Crippen LogP contribution in [0.15, 0.2) is 0 Å². The van der Waals surface area contributed by atoms with Gasteiger partial charge in [0.1, 0.15) is 0 Å². The Labute approximate surface area is 90.6 Å². The average molecular weight is 239 g/mol. The first-order chi connectivity index (χ1) is 6.08. The van der Waals surface area contributed by atoms with E-state index in [0.717, 1.165) is 0 Å². The summed E-state index contributed by atoms with van der Waals surface area (Å²) in [6, 6.07) is 0. The van der Waals surface area contributed by atoms with Crippen LogP contribution in [0.5, 0.6) is 0 Å². The van der Waals surface area contributed by atoms with Gasteiger partial charge in [-0.25, -0.2) is 0 Å². The van der Waals surface area contributed by atoms with Crippen molar-refractivity contribution in [2.75, 3.05) is 4.72 Å². The molecule has 1 N–H and O–H groups in total. The smallest absolute Gasteiger partial charge is 0.238 e. The van der Waals surface area contributed by atoms with E-state index >= 15 is 0 Å². The van der Waals surface area contributed by atoms with Gasteiger partial charge < -0.3 is 0 Å². The average Bonchev–Trinajstić information content (AvgIpc) is 1.99. The largest absolute Gasteiger partial charge is 0.298 e. The van der Waals surface area contributed by atoms with Gasteiger partial charge in [-0.1, -0.05) is 13.8 Å². The van der Waals surface area contributed by atoms with E-state index in [1.165, 1.54) is 11.9 Å². The molecule has 1 rings (SSSR count). The molecule has 72 valence electrons. The summed E-state index contributed by atoms with van der Waals surface area (Å²) in [5.41, 5.74) is 0. The minimum absolute atomic E-state index is 0.0897. The summed E-state index contributed by atoms with van der Waals surface area (Å²) in [6.45, 7) is 4.09. The number of halogens is 2. The minimum atomic E-state index is 0.0897. The maximum absolute atomic E-state index is 5.57. The van der Waals surface area contributed by atoms with Crippen LogP contribution >= 0.6 is 35.1 Å². The van der Waals surface area contributed by atoms with Crippen molar-refractivity contribution < 1.29 is 0 Å². The zero-order valence-electron chi connectivity index (χ0n) is 7.08. The van der Waals surface area contributed by atoms with Gasteiger partial charge in [0.05, 0.1) is 0 Å². The fourth-order valence-electron chi connectivity index (χ4n) is 0.542. The highest BCUT2D eigenvalue weighted by Gasteiger charge is 2.03. The number of anilines is 1. The van der Waals surface area contributed by atoms with E-state index in [9.17, 15) is 0 Å². The van der Waals surface area contributed by atoms with Crippen LogP contribution in [-0.4, -0.2) is 20.2 Å². The fourth-order valence-corrected chi connectivity index (χ4v) is 1.34. The van der Waals surface area contributed by atoms with Crippen LogP contribution in [-0.2, 0) is 0 Å². The Morgan fingerprint density at radius 2 is 1.69 bits per heavy atom. The van der Waals surface area contributed by atoms with Crippen LogP contribution in [0.3, 0.4) is 0 Å². The summed E-state index contributed by atoms with van der Waals surface area (Å²) in [5.74, 6) is 0.378. The van der Waals surface area contributed by atoms with Gasteiger partial charge in [0.15, 0.2) is 0 Å². The van der Waals surface area contributed by atoms with Gasteiger partial charge in [0.25, 0.3) is 0 Å². The number of nitrogens with zero attached hydrogens (tertiary/aromatic N) is 3. The second kappa shape index (κ2) is 4.83. The highest BCUT2D eigenvalue weighted by atomic mass is 35.5. The third-order valence-electron chi connectivity index (χ3n) is 0.967. The molecule has 0 saturated carbocycles. The molecular formula is C6H8Cl2N4S.